The van der Waals surface area contributed by atoms with Crippen molar-refractivity contribution < 1.29 is 22.4 Å². The summed E-state index contributed by atoms with van der Waals surface area (Å²) >= 11 is 0. The Labute approximate surface area is 205 Å². The van der Waals surface area contributed by atoms with Crippen LogP contribution >= 0.6 is 0 Å². The number of rotatable bonds is 5. The minimum absolute atomic E-state index is 0.0757. The third kappa shape index (κ3) is 5.37. The van der Waals surface area contributed by atoms with Crippen LogP contribution in [0.5, 0.6) is 0 Å². The fraction of sp³-hybridized carbons (Fsp3) is 0.222. The number of carbonyl (C=O) groups is 1. The molecule has 9 heteroatoms. The van der Waals surface area contributed by atoms with Crippen LogP contribution in [-0.4, -0.2) is 29.9 Å². The van der Waals surface area contributed by atoms with Crippen LogP contribution in [-0.2, 0) is 6.18 Å². The molecule has 1 saturated heterocycles. The highest BCUT2D eigenvalue weighted by molar-refractivity contribution is 5.94. The maximum Gasteiger partial charge on any atom is 0.416 e. The molecule has 1 heterocycles. The summed E-state index contributed by atoms with van der Waals surface area (Å²) in [6, 6.07) is 18.2. The highest BCUT2D eigenvalue weighted by Gasteiger charge is 2.35. The molecule has 3 aromatic carbocycles. The molecule has 5 nitrogen and oxygen atoms in total. The van der Waals surface area contributed by atoms with Crippen molar-refractivity contribution >= 4 is 5.91 Å². The third-order valence-electron chi connectivity index (χ3n) is 6.17. The predicted molar refractivity (Wildman–Crippen MR) is 123 cm³/mol. The molecule has 0 bridgehead atoms. The van der Waals surface area contributed by atoms with Gasteiger partial charge in [-0.05, 0) is 60.5 Å². The number of carbonyl (C=O) groups excluding carboxylic acids is 1. The monoisotopic (exact) mass is 492 g/mol. The van der Waals surface area contributed by atoms with Crippen molar-refractivity contribution in [3.63, 3.8) is 0 Å². The van der Waals surface area contributed by atoms with Gasteiger partial charge in [0.1, 0.15) is 5.82 Å². The van der Waals surface area contributed by atoms with Crippen molar-refractivity contribution in [3.05, 3.63) is 106 Å². The second-order valence-electron chi connectivity index (χ2n) is 8.51. The van der Waals surface area contributed by atoms with Gasteiger partial charge in [-0.3, -0.25) is 9.69 Å². The summed E-state index contributed by atoms with van der Waals surface area (Å²) in [7, 11) is 0. The van der Waals surface area contributed by atoms with Gasteiger partial charge in [0, 0.05) is 30.3 Å². The highest BCUT2D eigenvalue weighted by atomic mass is 19.4. The van der Waals surface area contributed by atoms with E-state index in [1.807, 2.05) is 17.0 Å². The molecule has 0 aliphatic carbocycles. The van der Waals surface area contributed by atoms with E-state index < -0.39 is 23.6 Å². The van der Waals surface area contributed by atoms with Gasteiger partial charge >= 0.3 is 6.18 Å². The number of hydrogen-bond acceptors (Lipinski definition) is 4. The zero-order chi connectivity index (χ0) is 25.9. The Morgan fingerprint density at radius 3 is 2.14 bits per heavy atom. The van der Waals surface area contributed by atoms with Crippen molar-refractivity contribution in [2.75, 3.05) is 13.1 Å². The average Bonchev–Trinajstić information content (AvgIpc) is 3.32. The number of halogens is 4. The lowest BCUT2D eigenvalue weighted by atomic mass is 9.95. The van der Waals surface area contributed by atoms with E-state index in [2.05, 4.69) is 5.32 Å². The van der Waals surface area contributed by atoms with Crippen LogP contribution in [0.3, 0.4) is 0 Å². The number of amides is 1. The van der Waals surface area contributed by atoms with Gasteiger partial charge in [0.15, 0.2) is 0 Å². The van der Waals surface area contributed by atoms with E-state index in [-0.39, 0.29) is 17.5 Å². The second kappa shape index (κ2) is 10.2. The van der Waals surface area contributed by atoms with Crippen LogP contribution in [0, 0.1) is 28.5 Å². The molecule has 36 heavy (non-hydrogen) atoms. The first-order chi connectivity index (χ1) is 17.2. The smallest absolute Gasteiger partial charge is 0.348 e. The molecule has 0 radical (unpaired) electrons. The van der Waals surface area contributed by atoms with Crippen LogP contribution in [0.1, 0.15) is 50.6 Å². The summed E-state index contributed by atoms with van der Waals surface area (Å²) < 4.78 is 54.3. The molecule has 1 fully saturated rings. The lowest BCUT2D eigenvalue weighted by molar-refractivity contribution is -0.137. The van der Waals surface area contributed by atoms with Gasteiger partial charge in [0.05, 0.1) is 34.9 Å². The molecule has 182 valence electrons. The normalized spacial score (nSPS) is 16.7. The van der Waals surface area contributed by atoms with E-state index >= 15 is 4.39 Å². The molecule has 1 amide bonds. The molecule has 4 rings (SSSR count). The SMILES string of the molecule is N#Cc1ccc(C(=O)N[C@@H]2CCN(C(c3ccc(C#N)cc3)c3ccc(C(F)(F)F)cc3F)C2)cc1. The Hall–Kier alpha value is -4.21. The topological polar surface area (TPSA) is 79.9 Å². The fourth-order valence-corrected chi connectivity index (χ4v) is 4.36. The van der Waals surface area contributed by atoms with Gasteiger partial charge in [-0.2, -0.15) is 23.7 Å². The number of likely N-dealkylation sites (tertiary alicyclic amines) is 1. The molecular formula is C27H20F4N4O. The van der Waals surface area contributed by atoms with Crippen molar-refractivity contribution in [3.8, 4) is 12.1 Å². The number of nitrogens with one attached hydrogen (secondary N) is 1. The summed E-state index contributed by atoms with van der Waals surface area (Å²) in [4.78, 5) is 14.6. The second-order valence-corrected chi connectivity index (χ2v) is 8.51. The van der Waals surface area contributed by atoms with E-state index in [1.54, 1.807) is 48.5 Å². The van der Waals surface area contributed by atoms with Crippen molar-refractivity contribution in [1.82, 2.24) is 10.2 Å². The number of nitriles is 2. The highest BCUT2D eigenvalue weighted by Crippen LogP contribution is 2.36. The van der Waals surface area contributed by atoms with Crippen LogP contribution in [0.2, 0.25) is 0 Å². The largest absolute Gasteiger partial charge is 0.416 e. The molecule has 3 aromatic rings. The Bertz CT molecular complexity index is 1340. The van der Waals surface area contributed by atoms with Crippen LogP contribution in [0.25, 0.3) is 0 Å². The Morgan fingerprint density at radius 2 is 1.58 bits per heavy atom. The van der Waals surface area contributed by atoms with Gasteiger partial charge in [0.2, 0.25) is 0 Å². The molecule has 1 aliphatic rings. The van der Waals surface area contributed by atoms with Crippen LogP contribution in [0.4, 0.5) is 17.6 Å². The number of hydrogen-bond donors (Lipinski definition) is 1. The number of nitrogens with zero attached hydrogens (tertiary/aromatic N) is 3. The summed E-state index contributed by atoms with van der Waals surface area (Å²) in [6.45, 7) is 0.802. The Balaban J connectivity index is 1.59. The maximum atomic E-state index is 15.0. The lowest BCUT2D eigenvalue weighted by Gasteiger charge is -2.29. The first-order valence-corrected chi connectivity index (χ1v) is 11.1. The minimum Gasteiger partial charge on any atom is -0.348 e. The van der Waals surface area contributed by atoms with E-state index in [4.69, 9.17) is 10.5 Å². The first-order valence-electron chi connectivity index (χ1n) is 11.1. The first kappa shape index (κ1) is 24.9. The minimum atomic E-state index is -4.67. The standard InChI is InChI=1S/C27H20F4N4O/c28-24-13-21(27(29,30)31)9-10-23(24)25(19-5-1-17(14-32)2-6-19)35-12-11-22(16-35)34-26(36)20-7-3-18(15-33)4-8-20/h1-10,13,22,25H,11-12,16H2,(H,34,36)/t22-,25?/m1/s1. The zero-order valence-corrected chi connectivity index (χ0v) is 18.9. The predicted octanol–water partition coefficient (Wildman–Crippen LogP) is 5.18. The van der Waals surface area contributed by atoms with Gasteiger partial charge in [-0.1, -0.05) is 18.2 Å². The maximum absolute atomic E-state index is 15.0. The number of alkyl halides is 3. The lowest BCUT2D eigenvalue weighted by Crippen LogP contribution is -2.38. The van der Waals surface area contributed by atoms with Crippen molar-refractivity contribution in [2.45, 2.75) is 24.7 Å². The quantitative estimate of drug-likeness (QED) is 0.498. The van der Waals surface area contributed by atoms with Gasteiger partial charge in [0.25, 0.3) is 5.91 Å². The van der Waals surface area contributed by atoms with Crippen LogP contribution < -0.4 is 5.32 Å². The van der Waals surface area contributed by atoms with Crippen molar-refractivity contribution in [1.29, 1.82) is 10.5 Å². The molecular weight excluding hydrogens is 472 g/mol. The average molecular weight is 492 g/mol. The van der Waals surface area contributed by atoms with Crippen molar-refractivity contribution in [2.24, 2.45) is 0 Å². The van der Waals surface area contributed by atoms with Gasteiger partial charge < -0.3 is 5.32 Å². The molecule has 1 N–H and O–H groups in total. The van der Waals surface area contributed by atoms with E-state index in [0.717, 1.165) is 12.1 Å². The zero-order valence-electron chi connectivity index (χ0n) is 18.9. The van der Waals surface area contributed by atoms with E-state index in [1.165, 1.54) is 0 Å². The Morgan fingerprint density at radius 1 is 0.972 bits per heavy atom. The number of benzene rings is 3. The van der Waals surface area contributed by atoms with E-state index in [0.29, 0.717) is 47.8 Å². The third-order valence-corrected chi connectivity index (χ3v) is 6.17. The molecule has 0 saturated carbocycles. The van der Waals surface area contributed by atoms with Gasteiger partial charge in [-0.15, -0.1) is 0 Å². The summed E-state index contributed by atoms with van der Waals surface area (Å²) in [5.41, 5.74) is 0.849. The Kier molecular flexibility index (Phi) is 7.05. The summed E-state index contributed by atoms with van der Waals surface area (Å²) in [6.07, 6.45) is -4.12. The summed E-state index contributed by atoms with van der Waals surface area (Å²) in [5.74, 6) is -1.30. The van der Waals surface area contributed by atoms with Gasteiger partial charge in [-0.25, -0.2) is 4.39 Å². The fourth-order valence-electron chi connectivity index (χ4n) is 4.36. The molecule has 0 aromatic heterocycles. The molecule has 1 aliphatic heterocycles. The van der Waals surface area contributed by atoms with E-state index in [9.17, 15) is 18.0 Å². The molecule has 2 atom stereocenters. The summed E-state index contributed by atoms with van der Waals surface area (Å²) in [5, 5.41) is 21.0. The molecule has 0 spiro atoms. The van der Waals surface area contributed by atoms with Crippen LogP contribution in [0.15, 0.2) is 66.7 Å². The molecule has 1 unspecified atom stereocenters.